The summed E-state index contributed by atoms with van der Waals surface area (Å²) < 4.78 is 5.57. The fourth-order valence-electron chi connectivity index (χ4n) is 2.67. The van der Waals surface area contributed by atoms with Crippen LogP contribution in [-0.2, 0) is 4.74 Å². The predicted octanol–water partition coefficient (Wildman–Crippen LogP) is 1.98. The summed E-state index contributed by atoms with van der Waals surface area (Å²) in [5.74, 6) is 0.621. The Hall–Kier alpha value is -2.02. The molecule has 0 radical (unpaired) electrons. The molecule has 2 heterocycles. The van der Waals surface area contributed by atoms with Gasteiger partial charge in [0.25, 0.3) is 0 Å². The van der Waals surface area contributed by atoms with Crippen LogP contribution in [0.4, 0.5) is 16.3 Å². The maximum atomic E-state index is 12.6. The van der Waals surface area contributed by atoms with Gasteiger partial charge in [0.05, 0.1) is 11.7 Å². The number of carbonyl (C=O) groups is 1. The molecule has 1 aromatic rings. The number of pyridine rings is 1. The Morgan fingerprint density at radius 3 is 2.91 bits per heavy atom. The van der Waals surface area contributed by atoms with E-state index in [1.165, 1.54) is 0 Å². The highest BCUT2D eigenvalue weighted by Gasteiger charge is 2.31. The molecule has 1 unspecified atom stereocenters. The topological polar surface area (TPSA) is 92.5 Å². The predicted molar refractivity (Wildman–Crippen MR) is 91.4 cm³/mol. The summed E-state index contributed by atoms with van der Waals surface area (Å²) in [6.07, 6.45) is 2.27. The molecule has 1 fully saturated rings. The summed E-state index contributed by atoms with van der Waals surface area (Å²) >= 11 is 0. The van der Waals surface area contributed by atoms with Crippen LogP contribution in [0.25, 0.3) is 0 Å². The Morgan fingerprint density at radius 2 is 2.26 bits per heavy atom. The minimum absolute atomic E-state index is 0.178. The number of carbonyl (C=O) groups excluding carboxylic acids is 1. The van der Waals surface area contributed by atoms with Crippen LogP contribution >= 0.6 is 0 Å². The smallest absolute Gasteiger partial charge is 0.410 e. The molecule has 7 nitrogen and oxygen atoms in total. The van der Waals surface area contributed by atoms with Gasteiger partial charge in [0.15, 0.2) is 0 Å². The first-order valence-electron chi connectivity index (χ1n) is 7.96. The molecule has 1 aliphatic heterocycles. The zero-order valence-corrected chi connectivity index (χ0v) is 14.3. The molecule has 1 amide bonds. The van der Waals surface area contributed by atoms with Gasteiger partial charge < -0.3 is 21.1 Å². The standard InChI is InChI=1S/C16H27N5O2/c1-16(2,3)23-15(22)21-9-5-7-19-10-12(21)11-6-8-20-14(18-4)13(11)17/h6,8,12,19H,5,7,9-10,17H2,1-4H3,(H,18,20). The molecule has 1 aliphatic rings. The van der Waals surface area contributed by atoms with Crippen molar-refractivity contribution in [3.8, 4) is 0 Å². The first-order chi connectivity index (χ1) is 10.8. The molecule has 7 heteroatoms. The van der Waals surface area contributed by atoms with Gasteiger partial charge in [-0.15, -0.1) is 0 Å². The van der Waals surface area contributed by atoms with Crippen molar-refractivity contribution in [3.63, 3.8) is 0 Å². The third kappa shape index (κ3) is 4.25. The van der Waals surface area contributed by atoms with Gasteiger partial charge in [-0.2, -0.15) is 0 Å². The monoisotopic (exact) mass is 321 g/mol. The number of nitrogen functional groups attached to an aromatic ring is 1. The molecule has 1 saturated heterocycles. The molecule has 1 atom stereocenters. The maximum Gasteiger partial charge on any atom is 0.410 e. The number of nitrogens with one attached hydrogen (secondary N) is 2. The summed E-state index contributed by atoms with van der Waals surface area (Å²) in [5, 5.41) is 6.34. The molecule has 23 heavy (non-hydrogen) atoms. The van der Waals surface area contributed by atoms with Crippen molar-refractivity contribution >= 4 is 17.6 Å². The van der Waals surface area contributed by atoms with Gasteiger partial charge in [0.2, 0.25) is 0 Å². The molecule has 0 aliphatic carbocycles. The van der Waals surface area contributed by atoms with Crippen molar-refractivity contribution in [2.24, 2.45) is 0 Å². The van der Waals surface area contributed by atoms with Gasteiger partial charge in [-0.25, -0.2) is 9.78 Å². The molecular formula is C16H27N5O2. The third-order valence-corrected chi connectivity index (χ3v) is 3.71. The molecule has 1 aromatic heterocycles. The van der Waals surface area contributed by atoms with E-state index in [1.807, 2.05) is 26.8 Å². The van der Waals surface area contributed by atoms with E-state index < -0.39 is 5.60 Å². The Labute approximate surface area is 137 Å². The largest absolute Gasteiger partial charge is 0.444 e. The van der Waals surface area contributed by atoms with Crippen LogP contribution in [0.2, 0.25) is 0 Å². The highest BCUT2D eigenvalue weighted by Crippen LogP contribution is 2.31. The van der Waals surface area contributed by atoms with Crippen LogP contribution in [0.3, 0.4) is 0 Å². The van der Waals surface area contributed by atoms with Crippen molar-refractivity contribution in [2.45, 2.75) is 38.8 Å². The summed E-state index contributed by atoms with van der Waals surface area (Å²) in [7, 11) is 1.78. The number of amides is 1. The fourth-order valence-corrected chi connectivity index (χ4v) is 2.67. The lowest BCUT2D eigenvalue weighted by atomic mass is 10.0. The van der Waals surface area contributed by atoms with Crippen LogP contribution in [-0.4, -0.2) is 48.3 Å². The van der Waals surface area contributed by atoms with E-state index in [0.717, 1.165) is 18.5 Å². The lowest BCUT2D eigenvalue weighted by Crippen LogP contribution is -2.41. The van der Waals surface area contributed by atoms with E-state index in [-0.39, 0.29) is 12.1 Å². The van der Waals surface area contributed by atoms with Crippen LogP contribution in [0.1, 0.15) is 38.8 Å². The molecule has 0 bridgehead atoms. The number of nitrogens with two attached hydrogens (primary N) is 1. The van der Waals surface area contributed by atoms with E-state index >= 15 is 0 Å². The number of hydrogen-bond acceptors (Lipinski definition) is 6. The second-order valence-corrected chi connectivity index (χ2v) is 6.66. The summed E-state index contributed by atoms with van der Waals surface area (Å²) in [6.45, 7) is 7.74. The Balaban J connectivity index is 2.34. The summed E-state index contributed by atoms with van der Waals surface area (Å²) in [6, 6.07) is 1.69. The molecule has 0 saturated carbocycles. The number of hydrogen-bond donors (Lipinski definition) is 3. The average Bonchev–Trinajstić information content (AvgIpc) is 2.71. The van der Waals surface area contributed by atoms with Gasteiger partial charge in [0, 0.05) is 31.9 Å². The highest BCUT2D eigenvalue weighted by molar-refractivity contribution is 5.71. The number of ether oxygens (including phenoxy) is 1. The van der Waals surface area contributed by atoms with Crippen molar-refractivity contribution in [1.82, 2.24) is 15.2 Å². The number of aromatic nitrogens is 1. The number of nitrogens with zero attached hydrogens (tertiary/aromatic N) is 2. The van der Waals surface area contributed by atoms with E-state index in [0.29, 0.717) is 24.6 Å². The van der Waals surface area contributed by atoms with Crippen molar-refractivity contribution in [3.05, 3.63) is 17.8 Å². The normalized spacial score (nSPS) is 19.1. The Bertz CT molecular complexity index is 556. The zero-order valence-electron chi connectivity index (χ0n) is 14.3. The second kappa shape index (κ2) is 7.04. The van der Waals surface area contributed by atoms with Crippen molar-refractivity contribution in [1.29, 1.82) is 0 Å². The van der Waals surface area contributed by atoms with Crippen LogP contribution in [0.15, 0.2) is 12.3 Å². The average molecular weight is 321 g/mol. The van der Waals surface area contributed by atoms with Crippen LogP contribution < -0.4 is 16.4 Å². The second-order valence-electron chi connectivity index (χ2n) is 6.66. The highest BCUT2D eigenvalue weighted by atomic mass is 16.6. The van der Waals surface area contributed by atoms with E-state index in [2.05, 4.69) is 15.6 Å². The van der Waals surface area contributed by atoms with Crippen LogP contribution in [0, 0.1) is 0 Å². The minimum Gasteiger partial charge on any atom is -0.444 e. The van der Waals surface area contributed by atoms with Gasteiger partial charge in [0.1, 0.15) is 11.4 Å². The first-order valence-corrected chi connectivity index (χ1v) is 7.96. The molecule has 4 N–H and O–H groups in total. The van der Waals surface area contributed by atoms with Gasteiger partial charge >= 0.3 is 6.09 Å². The lowest BCUT2D eigenvalue weighted by Gasteiger charge is -2.33. The SMILES string of the molecule is CNc1nccc(C2CNCCCN2C(=O)OC(C)(C)C)c1N. The van der Waals surface area contributed by atoms with E-state index in [1.54, 1.807) is 18.1 Å². The molecule has 0 aromatic carbocycles. The maximum absolute atomic E-state index is 12.6. The molecule has 2 rings (SSSR count). The van der Waals surface area contributed by atoms with Crippen LogP contribution in [0.5, 0.6) is 0 Å². The quantitative estimate of drug-likeness (QED) is 0.771. The molecule has 128 valence electrons. The summed E-state index contributed by atoms with van der Waals surface area (Å²) in [5.41, 5.74) is 7.15. The van der Waals surface area contributed by atoms with Crippen molar-refractivity contribution in [2.75, 3.05) is 37.7 Å². The first kappa shape index (κ1) is 17.3. The van der Waals surface area contributed by atoms with Gasteiger partial charge in [-0.1, -0.05) is 0 Å². The zero-order chi connectivity index (χ0) is 17.0. The van der Waals surface area contributed by atoms with Gasteiger partial charge in [-0.05, 0) is 39.8 Å². The summed E-state index contributed by atoms with van der Waals surface area (Å²) in [4.78, 5) is 18.6. The number of anilines is 2. The molecule has 0 spiro atoms. The minimum atomic E-state index is -0.526. The Morgan fingerprint density at radius 1 is 1.52 bits per heavy atom. The lowest BCUT2D eigenvalue weighted by molar-refractivity contribution is 0.0175. The van der Waals surface area contributed by atoms with Gasteiger partial charge in [-0.3, -0.25) is 4.90 Å². The van der Waals surface area contributed by atoms with Crippen molar-refractivity contribution < 1.29 is 9.53 Å². The van der Waals surface area contributed by atoms with E-state index in [4.69, 9.17) is 10.5 Å². The molecular weight excluding hydrogens is 294 g/mol. The Kier molecular flexibility index (Phi) is 5.30. The fraction of sp³-hybridized carbons (Fsp3) is 0.625. The third-order valence-electron chi connectivity index (χ3n) is 3.71. The number of rotatable bonds is 2. The van der Waals surface area contributed by atoms with E-state index in [9.17, 15) is 4.79 Å².